The molecule has 5 rings (SSSR count). The molecule has 2 saturated heterocycles. The average Bonchev–Trinajstić information content (AvgIpc) is 3.27. The number of benzene rings is 2. The lowest BCUT2D eigenvalue weighted by atomic mass is 9.89. The molecule has 0 spiro atoms. The van der Waals surface area contributed by atoms with Gasteiger partial charge in [-0.25, -0.2) is 4.39 Å². The third-order valence-electron chi connectivity index (χ3n) is 6.26. The van der Waals surface area contributed by atoms with Crippen LogP contribution in [0.15, 0.2) is 66.9 Å². The third-order valence-corrected chi connectivity index (χ3v) is 6.26. The van der Waals surface area contributed by atoms with Gasteiger partial charge >= 0.3 is 0 Å². The van der Waals surface area contributed by atoms with Crippen molar-refractivity contribution in [3.05, 3.63) is 78.3 Å². The van der Waals surface area contributed by atoms with Crippen LogP contribution in [-0.2, 0) is 20.9 Å². The van der Waals surface area contributed by atoms with Gasteiger partial charge in [0.1, 0.15) is 12.1 Å². The van der Waals surface area contributed by atoms with Gasteiger partial charge in [-0.2, -0.15) is 5.06 Å². The first-order valence-electron chi connectivity index (χ1n) is 10.7. The van der Waals surface area contributed by atoms with Gasteiger partial charge in [0.25, 0.3) is 5.91 Å². The van der Waals surface area contributed by atoms with Crippen molar-refractivity contribution < 1.29 is 18.8 Å². The second kappa shape index (κ2) is 8.69. The highest BCUT2D eigenvalue weighted by Gasteiger charge is 2.40. The monoisotopic (exact) mass is 423 g/mol. The Hall–Kier alpha value is -2.90. The summed E-state index contributed by atoms with van der Waals surface area (Å²) >= 11 is 0. The van der Waals surface area contributed by atoms with E-state index in [2.05, 4.69) is 10.2 Å². The number of amides is 1. The Morgan fingerprint density at radius 2 is 1.74 bits per heavy atom. The lowest BCUT2D eigenvalue weighted by molar-refractivity contribution is -0.125. The van der Waals surface area contributed by atoms with Crippen LogP contribution in [0.4, 0.5) is 10.1 Å². The van der Waals surface area contributed by atoms with Crippen molar-refractivity contribution in [1.29, 1.82) is 0 Å². The van der Waals surface area contributed by atoms with Crippen molar-refractivity contribution in [2.24, 2.45) is 0 Å². The zero-order valence-corrected chi connectivity index (χ0v) is 17.2. The van der Waals surface area contributed by atoms with Gasteiger partial charge in [-0.1, -0.05) is 30.3 Å². The smallest absolute Gasteiger partial charge is 0.250 e. The van der Waals surface area contributed by atoms with Crippen LogP contribution in [0.25, 0.3) is 0 Å². The third kappa shape index (κ3) is 4.29. The molecule has 6 nitrogen and oxygen atoms in total. The molecule has 3 aliphatic rings. The molecule has 3 atom stereocenters. The number of carbonyl (C=O) groups is 1. The van der Waals surface area contributed by atoms with Crippen molar-refractivity contribution in [3.63, 3.8) is 0 Å². The molecule has 2 bridgehead atoms. The van der Waals surface area contributed by atoms with Gasteiger partial charge in [-0.05, 0) is 48.7 Å². The van der Waals surface area contributed by atoms with Crippen molar-refractivity contribution in [1.82, 2.24) is 10.2 Å². The summed E-state index contributed by atoms with van der Waals surface area (Å²) in [4.78, 5) is 21.1. The maximum absolute atomic E-state index is 13.2. The standard InChI is InChI=1S/C24H26FN3O3/c25-18-8-6-17(7-9-18)14-27-21-12-19(13-22(27)16-30-15-21)26-24(29)23-10-11-31-28(23)20-4-2-1-3-5-20/h1-11,19,21-23H,12-16H2,(H,26,29). The summed E-state index contributed by atoms with van der Waals surface area (Å²) in [5, 5.41) is 4.87. The molecule has 0 radical (unpaired) electrons. The average molecular weight is 423 g/mol. The highest BCUT2D eigenvalue weighted by atomic mass is 19.1. The van der Waals surface area contributed by atoms with Crippen LogP contribution in [0, 0.1) is 5.82 Å². The minimum absolute atomic E-state index is 0.0615. The molecule has 3 unspecified atom stereocenters. The zero-order valence-electron chi connectivity index (χ0n) is 17.2. The molecule has 0 aromatic heterocycles. The van der Waals surface area contributed by atoms with Crippen LogP contribution in [0.1, 0.15) is 18.4 Å². The van der Waals surface area contributed by atoms with E-state index in [0.29, 0.717) is 13.2 Å². The number of nitrogens with zero attached hydrogens (tertiary/aromatic N) is 2. The maximum Gasteiger partial charge on any atom is 0.250 e. The molecule has 0 aliphatic carbocycles. The Morgan fingerprint density at radius 1 is 1.03 bits per heavy atom. The largest absolute Gasteiger partial charge is 0.387 e. The summed E-state index contributed by atoms with van der Waals surface area (Å²) in [7, 11) is 0. The lowest BCUT2D eigenvalue weighted by Gasteiger charge is -2.48. The maximum atomic E-state index is 13.2. The highest BCUT2D eigenvalue weighted by molar-refractivity contribution is 5.87. The van der Waals surface area contributed by atoms with E-state index in [9.17, 15) is 9.18 Å². The van der Waals surface area contributed by atoms with E-state index in [0.717, 1.165) is 30.6 Å². The molecule has 1 amide bonds. The molecule has 162 valence electrons. The fourth-order valence-corrected chi connectivity index (χ4v) is 4.76. The SMILES string of the molecule is O=C(NC1CC2COCC(C1)N2Cc1ccc(F)cc1)C1C=CON1c1ccccc1. The number of ether oxygens (including phenoxy) is 1. The number of carbonyl (C=O) groups excluding carboxylic acids is 1. The van der Waals surface area contributed by atoms with Gasteiger partial charge < -0.3 is 14.9 Å². The molecule has 3 aliphatic heterocycles. The summed E-state index contributed by atoms with van der Waals surface area (Å²) in [5.74, 6) is -0.281. The number of nitrogens with one attached hydrogen (secondary N) is 1. The van der Waals surface area contributed by atoms with Crippen LogP contribution in [-0.4, -0.2) is 48.2 Å². The van der Waals surface area contributed by atoms with Crippen molar-refractivity contribution in [3.8, 4) is 0 Å². The number of piperidine rings is 1. The minimum Gasteiger partial charge on any atom is -0.387 e. The number of hydrogen-bond acceptors (Lipinski definition) is 5. The fraction of sp³-hybridized carbons (Fsp3) is 0.375. The van der Waals surface area contributed by atoms with Crippen LogP contribution in [0.3, 0.4) is 0 Å². The predicted molar refractivity (Wildman–Crippen MR) is 114 cm³/mol. The quantitative estimate of drug-likeness (QED) is 0.801. The van der Waals surface area contributed by atoms with E-state index in [1.165, 1.54) is 12.1 Å². The Kier molecular flexibility index (Phi) is 5.61. The van der Waals surface area contributed by atoms with Crippen LogP contribution in [0.5, 0.6) is 0 Å². The number of rotatable bonds is 5. The number of para-hydroxylation sites is 1. The number of morpholine rings is 1. The molecule has 1 N–H and O–H groups in total. The summed E-state index contributed by atoms with van der Waals surface area (Å²) in [6.45, 7) is 2.06. The van der Waals surface area contributed by atoms with Crippen LogP contribution < -0.4 is 10.4 Å². The topological polar surface area (TPSA) is 54.0 Å². The zero-order chi connectivity index (χ0) is 21.2. The van der Waals surface area contributed by atoms with E-state index in [-0.39, 0.29) is 29.8 Å². The molecule has 31 heavy (non-hydrogen) atoms. The number of halogens is 1. The highest BCUT2D eigenvalue weighted by Crippen LogP contribution is 2.30. The van der Waals surface area contributed by atoms with Crippen molar-refractivity contribution >= 4 is 11.6 Å². The molecule has 3 heterocycles. The summed E-state index contributed by atoms with van der Waals surface area (Å²) in [6.07, 6.45) is 4.99. The normalized spacial score (nSPS) is 27.7. The fourth-order valence-electron chi connectivity index (χ4n) is 4.76. The first kappa shape index (κ1) is 20.0. The molecule has 2 fully saturated rings. The van der Waals surface area contributed by atoms with Crippen molar-refractivity contribution in [2.75, 3.05) is 18.3 Å². The summed E-state index contributed by atoms with van der Waals surface area (Å²) in [6, 6.07) is 16.3. The molecular formula is C24H26FN3O3. The van der Waals surface area contributed by atoms with E-state index >= 15 is 0 Å². The summed E-state index contributed by atoms with van der Waals surface area (Å²) in [5.41, 5.74) is 1.93. The Balaban J connectivity index is 1.23. The van der Waals surface area contributed by atoms with E-state index in [1.54, 1.807) is 17.4 Å². The Labute approximate surface area is 181 Å². The van der Waals surface area contributed by atoms with Crippen LogP contribution in [0.2, 0.25) is 0 Å². The first-order valence-corrected chi connectivity index (χ1v) is 10.7. The second-order valence-electron chi connectivity index (χ2n) is 8.36. The molecule has 0 saturated carbocycles. The van der Waals surface area contributed by atoms with E-state index in [1.807, 2.05) is 42.5 Å². The Morgan fingerprint density at radius 3 is 2.45 bits per heavy atom. The van der Waals surface area contributed by atoms with E-state index in [4.69, 9.17) is 9.57 Å². The lowest BCUT2D eigenvalue weighted by Crippen LogP contribution is -2.61. The Bertz CT molecular complexity index is 923. The van der Waals surface area contributed by atoms with Gasteiger partial charge in [0.05, 0.1) is 18.9 Å². The molecule has 7 heteroatoms. The second-order valence-corrected chi connectivity index (χ2v) is 8.36. The minimum atomic E-state index is -0.490. The predicted octanol–water partition coefficient (Wildman–Crippen LogP) is 3.01. The number of hydroxylamine groups is 1. The van der Waals surface area contributed by atoms with Crippen molar-refractivity contribution in [2.45, 2.75) is 43.6 Å². The van der Waals surface area contributed by atoms with Gasteiger partial charge in [0, 0.05) is 24.7 Å². The van der Waals surface area contributed by atoms with Crippen LogP contribution >= 0.6 is 0 Å². The number of hydrogen-bond donors (Lipinski definition) is 1. The summed E-state index contributed by atoms with van der Waals surface area (Å²) < 4.78 is 19.0. The van der Waals surface area contributed by atoms with Gasteiger partial charge in [0.15, 0.2) is 6.04 Å². The van der Waals surface area contributed by atoms with E-state index < -0.39 is 6.04 Å². The molecular weight excluding hydrogens is 397 g/mol. The van der Waals surface area contributed by atoms with Gasteiger partial charge in [-0.3, -0.25) is 9.69 Å². The number of anilines is 1. The molecule has 2 aromatic carbocycles. The van der Waals surface area contributed by atoms with Gasteiger partial charge in [0.2, 0.25) is 0 Å². The first-order chi connectivity index (χ1) is 15.2. The molecule has 2 aromatic rings. The number of fused-ring (bicyclic) bond motifs is 2. The van der Waals surface area contributed by atoms with Gasteiger partial charge in [-0.15, -0.1) is 0 Å².